The lowest BCUT2D eigenvalue weighted by Gasteiger charge is -2.16. The zero-order chi connectivity index (χ0) is 29.5. The Hall–Kier alpha value is -4.33. The average molecular weight is 599 g/mol. The van der Waals surface area contributed by atoms with Gasteiger partial charge in [0.15, 0.2) is 6.10 Å². The molecule has 6 rings (SSSR count). The van der Waals surface area contributed by atoms with Gasteiger partial charge in [0.2, 0.25) is 17.6 Å². The van der Waals surface area contributed by atoms with Crippen LogP contribution >= 0.6 is 23.2 Å². The maximum atomic E-state index is 13.4. The monoisotopic (exact) mass is 598 g/mol. The molecule has 42 heavy (non-hydrogen) atoms. The first-order valence-electron chi connectivity index (χ1n) is 13.5. The number of hydrogen-bond acceptors (Lipinski definition) is 6. The zero-order valence-corrected chi connectivity index (χ0v) is 23.9. The number of rotatable bonds is 6. The zero-order valence-electron chi connectivity index (χ0n) is 22.4. The molecule has 1 aliphatic heterocycles. The minimum absolute atomic E-state index is 0.190. The van der Waals surface area contributed by atoms with Gasteiger partial charge in [0, 0.05) is 21.5 Å². The van der Waals surface area contributed by atoms with Crippen molar-refractivity contribution in [3.05, 3.63) is 106 Å². The van der Waals surface area contributed by atoms with Crippen LogP contribution in [0.25, 0.3) is 22.2 Å². The molecule has 3 aromatic carbocycles. The summed E-state index contributed by atoms with van der Waals surface area (Å²) in [7, 11) is 0. The molecule has 1 aromatic heterocycles. The van der Waals surface area contributed by atoms with Crippen LogP contribution in [0.15, 0.2) is 84.9 Å². The van der Waals surface area contributed by atoms with Gasteiger partial charge in [-0.3, -0.25) is 19.3 Å². The van der Waals surface area contributed by atoms with E-state index < -0.39 is 12.1 Å². The Morgan fingerprint density at radius 3 is 2.19 bits per heavy atom. The molecule has 0 bridgehead atoms. The lowest BCUT2D eigenvalue weighted by molar-refractivity contribution is -0.122. The Balaban J connectivity index is 1.30. The van der Waals surface area contributed by atoms with Crippen molar-refractivity contribution in [2.45, 2.75) is 25.9 Å². The molecule has 210 valence electrons. The van der Waals surface area contributed by atoms with Crippen LogP contribution in [0.4, 0.5) is 5.69 Å². The number of nitrogens with zero attached hydrogens (tertiary/aromatic N) is 2. The number of halogens is 2. The summed E-state index contributed by atoms with van der Waals surface area (Å²) in [6.07, 6.45) is 3.97. The number of ether oxygens (including phenoxy) is 1. The van der Waals surface area contributed by atoms with E-state index in [0.717, 1.165) is 0 Å². The number of ketones is 1. The number of carbonyl (C=O) groups excluding carboxylic acids is 4. The highest BCUT2D eigenvalue weighted by Gasteiger charge is 2.47. The molecule has 3 unspecified atom stereocenters. The van der Waals surface area contributed by atoms with Crippen molar-refractivity contribution in [2.24, 2.45) is 11.8 Å². The molecule has 9 heteroatoms. The lowest BCUT2D eigenvalue weighted by atomic mass is 9.85. The Labute approximate surface area is 251 Å². The van der Waals surface area contributed by atoms with Gasteiger partial charge >= 0.3 is 5.97 Å². The molecule has 2 heterocycles. The minimum atomic E-state index is -1.06. The summed E-state index contributed by atoms with van der Waals surface area (Å²) in [5, 5.41) is 1.31. The molecule has 0 spiro atoms. The standard InChI is InChI=1S/C33H24Cl2N2O5/c1-18(30(38)20-9-13-21(34)14-10-20)42-33(41)26-17-28(36-29-23(26)7-4-8-27(29)35)19-11-15-22(16-12-19)37-31(39)24-5-2-3-6-25(24)32(37)40/h2-4,7-18,24-25H,5-6H2,1H3. The fourth-order valence-corrected chi connectivity index (χ4v) is 5.84. The molecule has 0 saturated carbocycles. The van der Waals surface area contributed by atoms with E-state index >= 15 is 0 Å². The quantitative estimate of drug-likeness (QED) is 0.102. The molecule has 2 aliphatic rings. The van der Waals surface area contributed by atoms with E-state index in [1.165, 1.54) is 11.8 Å². The predicted octanol–water partition coefficient (Wildman–Crippen LogP) is 7.09. The van der Waals surface area contributed by atoms with Gasteiger partial charge in [0.25, 0.3) is 0 Å². The SMILES string of the molecule is CC(OC(=O)c1cc(-c2ccc(N3C(=O)C4CC=CCC4C3=O)cc2)nc2c(Cl)cccc12)C(=O)c1ccc(Cl)cc1. The second-order valence-electron chi connectivity index (χ2n) is 10.3. The lowest BCUT2D eigenvalue weighted by Crippen LogP contribution is -2.30. The Morgan fingerprint density at radius 1 is 0.905 bits per heavy atom. The Bertz CT molecular complexity index is 1760. The van der Waals surface area contributed by atoms with E-state index in [2.05, 4.69) is 0 Å². The molecule has 1 fully saturated rings. The van der Waals surface area contributed by atoms with Crippen molar-refractivity contribution in [1.82, 2.24) is 4.98 Å². The molecule has 2 amide bonds. The summed E-state index contributed by atoms with van der Waals surface area (Å²) in [6.45, 7) is 1.51. The highest BCUT2D eigenvalue weighted by atomic mass is 35.5. The number of esters is 1. The van der Waals surface area contributed by atoms with Crippen molar-refractivity contribution in [1.29, 1.82) is 0 Å². The highest BCUT2D eigenvalue weighted by molar-refractivity contribution is 6.35. The van der Waals surface area contributed by atoms with Crippen molar-refractivity contribution in [2.75, 3.05) is 4.90 Å². The number of benzene rings is 3. The van der Waals surface area contributed by atoms with E-state index in [9.17, 15) is 19.2 Å². The van der Waals surface area contributed by atoms with Gasteiger partial charge in [-0.05, 0) is 68.3 Å². The fourth-order valence-electron chi connectivity index (χ4n) is 5.49. The second-order valence-corrected chi connectivity index (χ2v) is 11.2. The van der Waals surface area contributed by atoms with E-state index in [1.807, 2.05) is 12.2 Å². The van der Waals surface area contributed by atoms with Gasteiger partial charge in [0.1, 0.15) is 0 Å². The van der Waals surface area contributed by atoms with Crippen LogP contribution < -0.4 is 4.90 Å². The number of carbonyl (C=O) groups is 4. The van der Waals surface area contributed by atoms with Crippen LogP contribution in [-0.2, 0) is 14.3 Å². The van der Waals surface area contributed by atoms with E-state index in [0.29, 0.717) is 56.3 Å². The number of imide groups is 1. The van der Waals surface area contributed by atoms with Crippen LogP contribution in [0.5, 0.6) is 0 Å². The number of amides is 2. The summed E-state index contributed by atoms with van der Waals surface area (Å²) < 4.78 is 5.60. The summed E-state index contributed by atoms with van der Waals surface area (Å²) in [5.74, 6) is -2.10. The summed E-state index contributed by atoms with van der Waals surface area (Å²) in [5.41, 5.74) is 2.51. The Kier molecular flexibility index (Phi) is 7.39. The van der Waals surface area contributed by atoms with E-state index in [-0.39, 0.29) is 35.0 Å². The maximum absolute atomic E-state index is 13.4. The number of Topliss-reactive ketones (excluding diaryl/α,β-unsaturated/α-hetero) is 1. The molecular formula is C33H24Cl2N2O5. The summed E-state index contributed by atoms with van der Waals surface area (Å²) in [6, 6.07) is 19.9. The van der Waals surface area contributed by atoms with Gasteiger partial charge in [-0.15, -0.1) is 0 Å². The van der Waals surface area contributed by atoms with Crippen molar-refractivity contribution >= 4 is 63.4 Å². The van der Waals surface area contributed by atoms with Gasteiger partial charge in [-0.1, -0.05) is 59.6 Å². The third kappa shape index (κ3) is 4.99. The second kappa shape index (κ2) is 11.2. The molecule has 3 atom stereocenters. The van der Waals surface area contributed by atoms with Crippen LogP contribution in [-0.4, -0.2) is 34.7 Å². The number of hydrogen-bond donors (Lipinski definition) is 0. The average Bonchev–Trinajstić information content (AvgIpc) is 3.26. The molecule has 4 aromatic rings. The number of anilines is 1. The van der Waals surface area contributed by atoms with Gasteiger partial charge in [-0.25, -0.2) is 9.78 Å². The van der Waals surface area contributed by atoms with Crippen LogP contribution in [0, 0.1) is 11.8 Å². The van der Waals surface area contributed by atoms with Gasteiger partial charge in [-0.2, -0.15) is 0 Å². The minimum Gasteiger partial charge on any atom is -0.451 e. The molecular weight excluding hydrogens is 575 g/mol. The molecule has 7 nitrogen and oxygen atoms in total. The van der Waals surface area contributed by atoms with E-state index in [4.69, 9.17) is 32.9 Å². The van der Waals surface area contributed by atoms with Crippen LogP contribution in [0.2, 0.25) is 10.0 Å². The summed E-state index contributed by atoms with van der Waals surface area (Å²) in [4.78, 5) is 58.3. The smallest absolute Gasteiger partial charge is 0.339 e. The van der Waals surface area contributed by atoms with Crippen LogP contribution in [0.1, 0.15) is 40.5 Å². The van der Waals surface area contributed by atoms with Crippen molar-refractivity contribution < 1.29 is 23.9 Å². The summed E-state index contributed by atoms with van der Waals surface area (Å²) >= 11 is 12.4. The van der Waals surface area contributed by atoms with Crippen molar-refractivity contribution in [3.8, 4) is 11.3 Å². The third-order valence-corrected chi connectivity index (χ3v) is 8.28. The van der Waals surface area contributed by atoms with Crippen LogP contribution in [0.3, 0.4) is 0 Å². The topological polar surface area (TPSA) is 93.6 Å². The number of pyridine rings is 1. The number of aromatic nitrogens is 1. The largest absolute Gasteiger partial charge is 0.451 e. The first kappa shape index (κ1) is 27.8. The first-order valence-corrected chi connectivity index (χ1v) is 14.2. The molecule has 0 N–H and O–H groups in total. The third-order valence-electron chi connectivity index (χ3n) is 7.72. The Morgan fingerprint density at radius 2 is 1.55 bits per heavy atom. The van der Waals surface area contributed by atoms with E-state index in [1.54, 1.807) is 72.8 Å². The molecule has 1 aliphatic carbocycles. The number of fused-ring (bicyclic) bond motifs is 2. The van der Waals surface area contributed by atoms with Gasteiger partial charge in [0.05, 0.1) is 39.3 Å². The highest BCUT2D eigenvalue weighted by Crippen LogP contribution is 2.38. The normalized spacial score (nSPS) is 18.7. The molecule has 0 radical (unpaired) electrons. The van der Waals surface area contributed by atoms with Gasteiger partial charge < -0.3 is 4.74 Å². The number of allylic oxidation sites excluding steroid dienone is 2. The molecule has 1 saturated heterocycles. The predicted molar refractivity (Wildman–Crippen MR) is 161 cm³/mol. The fraction of sp³-hybridized carbons (Fsp3) is 0.182. The maximum Gasteiger partial charge on any atom is 0.339 e. The number of para-hydroxylation sites is 1. The first-order chi connectivity index (χ1) is 20.2. The van der Waals surface area contributed by atoms with Crippen molar-refractivity contribution in [3.63, 3.8) is 0 Å².